The zero-order valence-corrected chi connectivity index (χ0v) is 14.9. The maximum Gasteiger partial charge on any atom is 0.137 e. The maximum atomic E-state index is 12.3. The molecule has 1 fully saturated rings. The third-order valence-electron chi connectivity index (χ3n) is 5.11. The van der Waals surface area contributed by atoms with Crippen molar-refractivity contribution >= 4 is 17.1 Å². The second-order valence-corrected chi connectivity index (χ2v) is 8.61. The van der Waals surface area contributed by atoms with Gasteiger partial charge in [0.2, 0.25) is 0 Å². The molecule has 21 heavy (non-hydrogen) atoms. The second kappa shape index (κ2) is 6.62. The van der Waals surface area contributed by atoms with E-state index >= 15 is 0 Å². The van der Waals surface area contributed by atoms with Crippen molar-refractivity contribution in [2.75, 3.05) is 13.6 Å². The van der Waals surface area contributed by atoms with E-state index in [1.807, 2.05) is 0 Å². The highest BCUT2D eigenvalue weighted by atomic mass is 32.1. The van der Waals surface area contributed by atoms with Gasteiger partial charge in [0.25, 0.3) is 0 Å². The average molecular weight is 308 g/mol. The van der Waals surface area contributed by atoms with Gasteiger partial charge in [-0.25, -0.2) is 0 Å². The minimum absolute atomic E-state index is 0.218. The molecule has 0 aromatic carbocycles. The molecule has 1 saturated carbocycles. The molecule has 0 bridgehead atoms. The largest absolute Gasteiger partial charge is 0.299 e. The molecule has 0 saturated heterocycles. The third kappa shape index (κ3) is 4.17. The van der Waals surface area contributed by atoms with Crippen LogP contribution in [0.2, 0.25) is 0 Å². The van der Waals surface area contributed by atoms with Gasteiger partial charge in [-0.2, -0.15) is 0 Å². The SMILES string of the molecule is CC(c1cccs1)N(C)CC1CC(C(C)(C)C)CCC1=O. The Hall–Kier alpha value is -0.670. The van der Waals surface area contributed by atoms with Crippen molar-refractivity contribution in [2.45, 2.75) is 53.0 Å². The first-order valence-corrected chi connectivity index (χ1v) is 8.93. The van der Waals surface area contributed by atoms with Gasteiger partial charge in [-0.3, -0.25) is 9.69 Å². The van der Waals surface area contributed by atoms with Gasteiger partial charge < -0.3 is 0 Å². The molecule has 1 aromatic heterocycles. The molecule has 2 nitrogen and oxygen atoms in total. The Labute approximate surface area is 133 Å². The number of hydrogen-bond donors (Lipinski definition) is 0. The number of Topliss-reactive ketones (excluding diaryl/α,β-unsaturated/α-hetero) is 1. The second-order valence-electron chi connectivity index (χ2n) is 7.63. The lowest BCUT2D eigenvalue weighted by molar-refractivity contribution is -0.127. The topological polar surface area (TPSA) is 20.3 Å². The minimum Gasteiger partial charge on any atom is -0.299 e. The van der Waals surface area contributed by atoms with Gasteiger partial charge in [0.05, 0.1) is 0 Å². The highest BCUT2D eigenvalue weighted by Gasteiger charge is 2.35. The summed E-state index contributed by atoms with van der Waals surface area (Å²) in [6.07, 6.45) is 2.90. The fraction of sp³-hybridized carbons (Fsp3) is 0.722. The highest BCUT2D eigenvalue weighted by Crippen LogP contribution is 2.39. The van der Waals surface area contributed by atoms with Crippen molar-refractivity contribution in [3.8, 4) is 0 Å². The Bertz CT molecular complexity index is 460. The van der Waals surface area contributed by atoms with E-state index in [9.17, 15) is 4.79 Å². The van der Waals surface area contributed by atoms with Crippen LogP contribution in [0.1, 0.15) is 57.9 Å². The Balaban J connectivity index is 1.98. The standard InChI is InChI=1S/C18H29NOS/c1-13(17-7-6-10-21-17)19(5)12-14-11-15(18(2,3)4)8-9-16(14)20/h6-7,10,13-15H,8-9,11-12H2,1-5H3. The molecular formula is C18H29NOS. The minimum atomic E-state index is 0.218. The van der Waals surface area contributed by atoms with Crippen molar-refractivity contribution in [3.63, 3.8) is 0 Å². The smallest absolute Gasteiger partial charge is 0.137 e. The Morgan fingerprint density at radius 2 is 2.14 bits per heavy atom. The van der Waals surface area contributed by atoms with E-state index in [1.165, 1.54) is 4.88 Å². The molecule has 1 aliphatic carbocycles. The van der Waals surface area contributed by atoms with E-state index in [0.717, 1.165) is 25.8 Å². The van der Waals surface area contributed by atoms with Crippen LogP contribution >= 0.6 is 11.3 Å². The summed E-state index contributed by atoms with van der Waals surface area (Å²) >= 11 is 1.80. The molecule has 0 radical (unpaired) electrons. The number of hydrogen-bond acceptors (Lipinski definition) is 3. The van der Waals surface area contributed by atoms with Crippen molar-refractivity contribution in [1.29, 1.82) is 0 Å². The van der Waals surface area contributed by atoms with Gasteiger partial charge in [-0.15, -0.1) is 11.3 Å². The lowest BCUT2D eigenvalue weighted by Gasteiger charge is -2.38. The molecule has 3 unspecified atom stereocenters. The van der Waals surface area contributed by atoms with Crippen LogP contribution < -0.4 is 0 Å². The van der Waals surface area contributed by atoms with Crippen LogP contribution in [-0.2, 0) is 4.79 Å². The number of carbonyl (C=O) groups excluding carboxylic acids is 1. The normalized spacial score (nSPS) is 25.3. The van der Waals surface area contributed by atoms with Gasteiger partial charge in [0, 0.05) is 29.8 Å². The predicted molar refractivity (Wildman–Crippen MR) is 90.7 cm³/mol. The molecule has 118 valence electrons. The fourth-order valence-electron chi connectivity index (χ4n) is 3.33. The molecule has 2 rings (SSSR count). The number of nitrogens with zero attached hydrogens (tertiary/aromatic N) is 1. The van der Waals surface area contributed by atoms with Gasteiger partial charge in [0.1, 0.15) is 5.78 Å². The first kappa shape index (κ1) is 16.7. The summed E-state index contributed by atoms with van der Waals surface area (Å²) in [5.41, 5.74) is 0.316. The maximum absolute atomic E-state index is 12.3. The van der Waals surface area contributed by atoms with E-state index in [2.05, 4.69) is 57.2 Å². The zero-order chi connectivity index (χ0) is 15.6. The van der Waals surface area contributed by atoms with Crippen LogP contribution in [0, 0.1) is 17.3 Å². The van der Waals surface area contributed by atoms with E-state index in [0.29, 0.717) is 23.2 Å². The van der Waals surface area contributed by atoms with Crippen LogP contribution in [-0.4, -0.2) is 24.3 Å². The first-order chi connectivity index (χ1) is 9.79. The van der Waals surface area contributed by atoms with Crippen LogP contribution in [0.15, 0.2) is 17.5 Å². The van der Waals surface area contributed by atoms with Crippen molar-refractivity contribution in [3.05, 3.63) is 22.4 Å². The van der Waals surface area contributed by atoms with Crippen molar-refractivity contribution in [2.24, 2.45) is 17.3 Å². The Kier molecular flexibility index (Phi) is 5.26. The summed E-state index contributed by atoms with van der Waals surface area (Å²) in [5, 5.41) is 2.13. The summed E-state index contributed by atoms with van der Waals surface area (Å²) in [4.78, 5) is 16.0. The molecule has 1 aromatic rings. The molecule has 0 N–H and O–H groups in total. The number of thiophene rings is 1. The summed E-state index contributed by atoms with van der Waals surface area (Å²) < 4.78 is 0. The van der Waals surface area contributed by atoms with Crippen LogP contribution in [0.25, 0.3) is 0 Å². The molecule has 3 heteroatoms. The van der Waals surface area contributed by atoms with E-state index < -0.39 is 0 Å². The molecule has 0 amide bonds. The van der Waals surface area contributed by atoms with Crippen molar-refractivity contribution < 1.29 is 4.79 Å². The van der Waals surface area contributed by atoms with Crippen LogP contribution in [0.4, 0.5) is 0 Å². The van der Waals surface area contributed by atoms with E-state index in [-0.39, 0.29) is 5.92 Å². The molecule has 3 atom stereocenters. The highest BCUT2D eigenvalue weighted by molar-refractivity contribution is 7.10. The summed E-state index contributed by atoms with van der Waals surface area (Å²) in [5.74, 6) is 1.36. The summed E-state index contributed by atoms with van der Waals surface area (Å²) in [6.45, 7) is 10.1. The average Bonchev–Trinajstić information content (AvgIpc) is 2.92. The van der Waals surface area contributed by atoms with Gasteiger partial charge in [-0.05, 0) is 49.6 Å². The lowest BCUT2D eigenvalue weighted by atomic mass is 9.68. The van der Waals surface area contributed by atoms with Crippen molar-refractivity contribution in [1.82, 2.24) is 4.90 Å². The fourth-order valence-corrected chi connectivity index (χ4v) is 4.18. The van der Waals surface area contributed by atoms with Crippen LogP contribution in [0.3, 0.4) is 0 Å². The zero-order valence-electron chi connectivity index (χ0n) is 14.1. The summed E-state index contributed by atoms with van der Waals surface area (Å²) in [7, 11) is 2.15. The number of carbonyl (C=O) groups is 1. The van der Waals surface area contributed by atoms with Gasteiger partial charge in [-0.1, -0.05) is 26.8 Å². The number of rotatable bonds is 4. The van der Waals surface area contributed by atoms with Gasteiger partial charge in [0.15, 0.2) is 0 Å². The molecule has 1 heterocycles. The van der Waals surface area contributed by atoms with Gasteiger partial charge >= 0.3 is 0 Å². The summed E-state index contributed by atoms with van der Waals surface area (Å²) in [6, 6.07) is 4.69. The quantitative estimate of drug-likeness (QED) is 0.798. The molecular weight excluding hydrogens is 278 g/mol. The number of ketones is 1. The lowest BCUT2D eigenvalue weighted by Crippen LogP contribution is -2.38. The van der Waals surface area contributed by atoms with Crippen LogP contribution in [0.5, 0.6) is 0 Å². The predicted octanol–water partition coefficient (Wildman–Crippen LogP) is 4.77. The third-order valence-corrected chi connectivity index (χ3v) is 6.16. The van der Waals surface area contributed by atoms with E-state index in [1.54, 1.807) is 11.3 Å². The molecule has 0 aliphatic heterocycles. The Morgan fingerprint density at radius 3 is 2.71 bits per heavy atom. The first-order valence-electron chi connectivity index (χ1n) is 8.05. The molecule has 0 spiro atoms. The van der Waals surface area contributed by atoms with E-state index in [4.69, 9.17) is 0 Å². The monoisotopic (exact) mass is 307 g/mol. The molecule has 1 aliphatic rings. The Morgan fingerprint density at radius 1 is 1.43 bits per heavy atom.